The Morgan fingerprint density at radius 2 is 2.25 bits per heavy atom. The second-order valence-electron chi connectivity index (χ2n) is 1.45. The summed E-state index contributed by atoms with van der Waals surface area (Å²) in [6, 6.07) is 0. The molecular formula is C5H8O2Se. The van der Waals surface area contributed by atoms with E-state index in [-0.39, 0.29) is 5.97 Å². The zero-order chi connectivity index (χ0) is 6.57. The van der Waals surface area contributed by atoms with E-state index in [4.69, 9.17) is 0 Å². The zero-order valence-electron chi connectivity index (χ0n) is 4.93. The first-order valence-electron chi connectivity index (χ1n) is 2.23. The first-order valence-corrected chi connectivity index (χ1v) is 3.08. The summed E-state index contributed by atoms with van der Waals surface area (Å²) in [4.78, 5) is 10.4. The molecule has 0 aromatic carbocycles. The van der Waals surface area contributed by atoms with Crippen LogP contribution in [0, 0.1) is 0 Å². The third kappa shape index (κ3) is 4.03. The average Bonchev–Trinajstić information content (AvgIpc) is 1.65. The van der Waals surface area contributed by atoms with Gasteiger partial charge in [0.1, 0.15) is 0 Å². The number of hydrogen-bond donors (Lipinski definition) is 0. The molecule has 0 aliphatic carbocycles. The quantitative estimate of drug-likeness (QED) is 0.437. The summed E-state index contributed by atoms with van der Waals surface area (Å²) in [5, 5.41) is 0. The molecule has 0 aliphatic heterocycles. The van der Waals surface area contributed by atoms with Crippen LogP contribution in [-0.2, 0) is 9.53 Å². The second kappa shape index (κ2) is 3.81. The molecule has 2 nitrogen and oxygen atoms in total. The van der Waals surface area contributed by atoms with Crippen molar-refractivity contribution >= 4 is 26.0 Å². The van der Waals surface area contributed by atoms with E-state index in [0.29, 0.717) is 6.42 Å². The maximum absolute atomic E-state index is 10.4. The second-order valence-corrected chi connectivity index (χ2v) is 2.92. The third-order valence-corrected chi connectivity index (χ3v) is 0.924. The van der Waals surface area contributed by atoms with E-state index in [2.05, 4.69) is 20.3 Å². The van der Waals surface area contributed by atoms with Crippen LogP contribution in [0.5, 0.6) is 0 Å². The first-order chi connectivity index (χ1) is 3.66. The predicted octanol–water partition coefficient (Wildman–Crippen LogP) is -0.0897. The SMILES string of the molecule is COC(=O)CC(C)=[Se]. The molecule has 0 aliphatic rings. The Labute approximate surface area is 56.6 Å². The summed E-state index contributed by atoms with van der Waals surface area (Å²) in [6.07, 6.45) is 0.385. The van der Waals surface area contributed by atoms with E-state index in [1.165, 1.54) is 7.11 Å². The van der Waals surface area contributed by atoms with E-state index < -0.39 is 0 Å². The Hall–Kier alpha value is -0.141. The zero-order valence-corrected chi connectivity index (χ0v) is 6.64. The molecule has 0 saturated carbocycles. The molecule has 0 heterocycles. The molecule has 0 aromatic rings. The van der Waals surface area contributed by atoms with Crippen molar-refractivity contribution in [3.63, 3.8) is 0 Å². The van der Waals surface area contributed by atoms with Gasteiger partial charge in [-0.15, -0.1) is 0 Å². The van der Waals surface area contributed by atoms with Crippen LogP contribution >= 0.6 is 0 Å². The van der Waals surface area contributed by atoms with Crippen LogP contribution < -0.4 is 0 Å². The molecule has 0 radical (unpaired) electrons. The number of rotatable bonds is 2. The van der Waals surface area contributed by atoms with Crippen molar-refractivity contribution in [2.24, 2.45) is 0 Å². The van der Waals surface area contributed by atoms with Gasteiger partial charge in [-0.05, 0) is 0 Å². The van der Waals surface area contributed by atoms with E-state index in [9.17, 15) is 4.79 Å². The van der Waals surface area contributed by atoms with Crippen molar-refractivity contribution < 1.29 is 9.53 Å². The molecule has 0 atom stereocenters. The Kier molecular flexibility index (Phi) is 3.75. The molecule has 0 aromatic heterocycles. The molecule has 0 fully saturated rings. The molecule has 0 spiro atoms. The first kappa shape index (κ1) is 7.86. The van der Waals surface area contributed by atoms with Crippen LogP contribution in [0.3, 0.4) is 0 Å². The van der Waals surface area contributed by atoms with Gasteiger partial charge in [0, 0.05) is 0 Å². The van der Waals surface area contributed by atoms with E-state index >= 15 is 0 Å². The minimum absolute atomic E-state index is 0.193. The van der Waals surface area contributed by atoms with Gasteiger partial charge in [-0.1, -0.05) is 0 Å². The monoisotopic (exact) mass is 180 g/mol. The van der Waals surface area contributed by atoms with Gasteiger partial charge in [-0.25, -0.2) is 0 Å². The maximum atomic E-state index is 10.4. The van der Waals surface area contributed by atoms with Gasteiger partial charge >= 0.3 is 55.9 Å². The summed E-state index contributed by atoms with van der Waals surface area (Å²) in [6.45, 7) is 1.84. The fraction of sp³-hybridized carbons (Fsp3) is 0.600. The van der Waals surface area contributed by atoms with Crippen molar-refractivity contribution in [1.82, 2.24) is 0 Å². The number of carbonyl (C=O) groups excluding carboxylic acids is 1. The third-order valence-electron chi connectivity index (χ3n) is 0.621. The van der Waals surface area contributed by atoms with Crippen LogP contribution in [-0.4, -0.2) is 33.1 Å². The van der Waals surface area contributed by atoms with Crippen molar-refractivity contribution in [2.75, 3.05) is 7.11 Å². The number of esters is 1. The molecule has 0 rings (SSSR count). The van der Waals surface area contributed by atoms with Crippen LogP contribution in [0.25, 0.3) is 0 Å². The van der Waals surface area contributed by atoms with Gasteiger partial charge in [0.25, 0.3) is 0 Å². The fourth-order valence-electron chi connectivity index (χ4n) is 0.275. The fourth-order valence-corrected chi connectivity index (χ4v) is 0.523. The molecule has 3 heteroatoms. The Balaban J connectivity index is 3.40. The molecule has 0 bridgehead atoms. The Morgan fingerprint density at radius 1 is 1.75 bits per heavy atom. The molecule has 0 amide bonds. The van der Waals surface area contributed by atoms with Gasteiger partial charge < -0.3 is 0 Å². The van der Waals surface area contributed by atoms with E-state index in [0.717, 1.165) is 4.42 Å². The minimum atomic E-state index is -0.193. The van der Waals surface area contributed by atoms with Crippen molar-refractivity contribution in [2.45, 2.75) is 13.3 Å². The van der Waals surface area contributed by atoms with Crippen molar-refractivity contribution in [1.29, 1.82) is 0 Å². The molecule has 0 unspecified atom stereocenters. The summed E-state index contributed by atoms with van der Waals surface area (Å²) >= 11 is 2.72. The summed E-state index contributed by atoms with van der Waals surface area (Å²) < 4.78 is 5.34. The van der Waals surface area contributed by atoms with Gasteiger partial charge in [-0.3, -0.25) is 0 Å². The van der Waals surface area contributed by atoms with Gasteiger partial charge in [0.2, 0.25) is 0 Å². The van der Waals surface area contributed by atoms with Gasteiger partial charge in [0.15, 0.2) is 0 Å². The topological polar surface area (TPSA) is 26.3 Å². The predicted molar refractivity (Wildman–Crippen MR) is 33.1 cm³/mol. The molecular weight excluding hydrogens is 171 g/mol. The average molecular weight is 179 g/mol. The van der Waals surface area contributed by atoms with Gasteiger partial charge in [-0.2, -0.15) is 0 Å². The van der Waals surface area contributed by atoms with Crippen LogP contribution in [0.1, 0.15) is 13.3 Å². The number of carbonyl (C=O) groups is 1. The molecule has 46 valence electrons. The van der Waals surface area contributed by atoms with E-state index in [1.54, 1.807) is 0 Å². The van der Waals surface area contributed by atoms with Crippen molar-refractivity contribution in [3.05, 3.63) is 0 Å². The van der Waals surface area contributed by atoms with Gasteiger partial charge in [0.05, 0.1) is 0 Å². The summed E-state index contributed by atoms with van der Waals surface area (Å²) in [7, 11) is 1.38. The standard InChI is InChI=1S/C5H8O2Se/c1-4(8)3-5(6)7-2/h3H2,1-2H3. The molecule has 0 saturated heterocycles. The molecule has 8 heavy (non-hydrogen) atoms. The summed E-state index contributed by atoms with van der Waals surface area (Å²) in [5.74, 6) is -0.193. The van der Waals surface area contributed by atoms with Crippen LogP contribution in [0.2, 0.25) is 0 Å². The van der Waals surface area contributed by atoms with E-state index in [1.807, 2.05) is 6.92 Å². The van der Waals surface area contributed by atoms with Crippen molar-refractivity contribution in [3.8, 4) is 0 Å². The summed E-state index contributed by atoms with van der Waals surface area (Å²) in [5.41, 5.74) is 0. The number of ether oxygens (including phenoxy) is 1. The number of hydrogen-bond acceptors (Lipinski definition) is 2. The number of methoxy groups -OCH3 is 1. The Bertz CT molecular complexity index is 109. The Morgan fingerprint density at radius 3 is 2.38 bits per heavy atom. The van der Waals surface area contributed by atoms with Crippen LogP contribution in [0.15, 0.2) is 0 Å². The molecule has 0 N–H and O–H groups in total. The normalized spacial score (nSPS) is 8.25. The van der Waals surface area contributed by atoms with Crippen LogP contribution in [0.4, 0.5) is 0 Å².